The zero-order valence-electron chi connectivity index (χ0n) is 16.9. The Hall–Kier alpha value is -4.01. The summed E-state index contributed by atoms with van der Waals surface area (Å²) in [5, 5.41) is 13.6. The van der Waals surface area contributed by atoms with Crippen LogP contribution in [0.3, 0.4) is 0 Å². The van der Waals surface area contributed by atoms with Crippen molar-refractivity contribution in [2.45, 2.75) is 19.8 Å². The number of anilines is 3. The molecule has 0 unspecified atom stereocenters. The molecule has 0 aliphatic heterocycles. The van der Waals surface area contributed by atoms with E-state index in [9.17, 15) is 9.18 Å². The number of hydrogen-bond donors (Lipinski definition) is 3. The maximum absolute atomic E-state index is 13.2. The van der Waals surface area contributed by atoms with Gasteiger partial charge in [0.2, 0.25) is 5.91 Å². The van der Waals surface area contributed by atoms with Gasteiger partial charge in [0.1, 0.15) is 23.7 Å². The topological polar surface area (TPSA) is 105 Å². The van der Waals surface area contributed by atoms with E-state index < -0.39 is 5.82 Å². The third-order valence-corrected chi connectivity index (χ3v) is 4.42. The van der Waals surface area contributed by atoms with Crippen molar-refractivity contribution in [1.29, 1.82) is 0 Å². The van der Waals surface area contributed by atoms with Gasteiger partial charge in [-0.2, -0.15) is 5.10 Å². The number of H-pyrrole nitrogens is 1. The molecule has 0 radical (unpaired) electrons. The van der Waals surface area contributed by atoms with E-state index in [2.05, 4.69) is 37.7 Å². The number of hydrogen-bond acceptors (Lipinski definition) is 6. The molecule has 2 aromatic carbocycles. The van der Waals surface area contributed by atoms with Crippen LogP contribution in [0.25, 0.3) is 10.9 Å². The molecule has 0 saturated heterocycles. The van der Waals surface area contributed by atoms with Gasteiger partial charge >= 0.3 is 0 Å². The Balaban J connectivity index is 1.43. The van der Waals surface area contributed by atoms with Crippen molar-refractivity contribution in [1.82, 2.24) is 20.2 Å². The molecule has 8 nitrogen and oxygen atoms in total. The van der Waals surface area contributed by atoms with Crippen molar-refractivity contribution in [2.24, 2.45) is 0 Å². The predicted octanol–water partition coefficient (Wildman–Crippen LogP) is 4.21. The first-order valence-electron chi connectivity index (χ1n) is 9.85. The second-order valence-electron chi connectivity index (χ2n) is 6.89. The number of aromatic amines is 1. The van der Waals surface area contributed by atoms with Crippen molar-refractivity contribution in [3.05, 3.63) is 66.4 Å². The number of fused-ring (bicyclic) bond motifs is 1. The minimum absolute atomic E-state index is 0.0633. The zero-order chi connectivity index (χ0) is 21.6. The molecule has 4 aromatic rings. The molecule has 0 saturated carbocycles. The van der Waals surface area contributed by atoms with Crippen molar-refractivity contribution in [3.63, 3.8) is 0 Å². The van der Waals surface area contributed by atoms with Crippen LogP contribution in [0, 0.1) is 5.82 Å². The smallest absolute Gasteiger partial charge is 0.230 e. The Morgan fingerprint density at radius 3 is 2.90 bits per heavy atom. The molecule has 0 fully saturated rings. The largest absolute Gasteiger partial charge is 0.494 e. The minimum atomic E-state index is -0.410. The summed E-state index contributed by atoms with van der Waals surface area (Å²) in [6.45, 7) is 2.69. The van der Waals surface area contributed by atoms with Gasteiger partial charge in [-0.15, -0.1) is 0 Å². The summed E-state index contributed by atoms with van der Waals surface area (Å²) in [7, 11) is 0. The molecule has 158 valence electrons. The highest BCUT2D eigenvalue weighted by atomic mass is 19.1. The lowest BCUT2D eigenvalue weighted by Gasteiger charge is -2.08. The van der Waals surface area contributed by atoms with Gasteiger partial charge in [0.05, 0.1) is 18.5 Å². The highest BCUT2D eigenvalue weighted by Gasteiger charge is 2.11. The fourth-order valence-corrected chi connectivity index (χ4v) is 3.03. The summed E-state index contributed by atoms with van der Waals surface area (Å²) in [4.78, 5) is 20.8. The number of halogens is 1. The highest BCUT2D eigenvalue weighted by molar-refractivity contribution is 5.93. The van der Waals surface area contributed by atoms with Crippen molar-refractivity contribution in [2.75, 3.05) is 17.2 Å². The fourth-order valence-electron chi connectivity index (χ4n) is 3.03. The number of nitrogens with zero attached hydrogens (tertiary/aromatic N) is 3. The lowest BCUT2D eigenvalue weighted by Crippen LogP contribution is -2.14. The average Bonchev–Trinajstić information content (AvgIpc) is 3.18. The van der Waals surface area contributed by atoms with Crippen LogP contribution in [0.15, 0.2) is 54.9 Å². The molecule has 0 bridgehead atoms. The maximum atomic E-state index is 13.2. The van der Waals surface area contributed by atoms with E-state index in [1.54, 1.807) is 12.1 Å². The van der Waals surface area contributed by atoms with E-state index in [0.717, 1.165) is 23.1 Å². The van der Waals surface area contributed by atoms with Crippen molar-refractivity contribution >= 4 is 34.1 Å². The van der Waals surface area contributed by atoms with E-state index >= 15 is 0 Å². The lowest BCUT2D eigenvalue weighted by molar-refractivity contribution is -0.115. The molecule has 0 aliphatic carbocycles. The average molecular weight is 420 g/mol. The van der Waals surface area contributed by atoms with Crippen LogP contribution in [0.1, 0.15) is 19.0 Å². The summed E-state index contributed by atoms with van der Waals surface area (Å²) >= 11 is 0. The van der Waals surface area contributed by atoms with Gasteiger partial charge in [-0.05, 0) is 36.8 Å². The van der Waals surface area contributed by atoms with Crippen LogP contribution >= 0.6 is 0 Å². The molecular formula is C22H21FN6O2. The molecule has 2 aromatic heterocycles. The number of nitrogens with one attached hydrogen (secondary N) is 3. The fraction of sp³-hybridized carbons (Fsp3) is 0.182. The number of benzene rings is 2. The number of carbonyl (C=O) groups excluding carboxylic acids is 1. The van der Waals surface area contributed by atoms with Gasteiger partial charge in [0.15, 0.2) is 5.82 Å². The third-order valence-electron chi connectivity index (χ3n) is 4.42. The second-order valence-corrected chi connectivity index (χ2v) is 6.89. The molecule has 9 heteroatoms. The normalized spacial score (nSPS) is 10.8. The molecule has 0 spiro atoms. The van der Waals surface area contributed by atoms with Gasteiger partial charge < -0.3 is 15.4 Å². The van der Waals surface area contributed by atoms with Gasteiger partial charge in [-0.25, -0.2) is 14.4 Å². The molecule has 31 heavy (non-hydrogen) atoms. The van der Waals surface area contributed by atoms with Gasteiger partial charge in [-0.1, -0.05) is 13.0 Å². The first-order valence-corrected chi connectivity index (χ1v) is 9.85. The zero-order valence-corrected chi connectivity index (χ0v) is 16.9. The number of ether oxygens (including phenoxy) is 1. The summed E-state index contributed by atoms with van der Waals surface area (Å²) in [6, 6.07) is 13.1. The van der Waals surface area contributed by atoms with E-state index in [1.165, 1.54) is 24.5 Å². The predicted molar refractivity (Wildman–Crippen MR) is 116 cm³/mol. The number of rotatable bonds is 8. The van der Waals surface area contributed by atoms with Gasteiger partial charge in [-0.3, -0.25) is 9.89 Å². The molecule has 3 N–H and O–H groups in total. The van der Waals surface area contributed by atoms with Crippen LogP contribution < -0.4 is 15.4 Å². The quantitative estimate of drug-likeness (QED) is 0.394. The van der Waals surface area contributed by atoms with Crippen LogP contribution in [0.2, 0.25) is 0 Å². The molecule has 1 amide bonds. The monoisotopic (exact) mass is 420 g/mol. The van der Waals surface area contributed by atoms with E-state index in [1.807, 2.05) is 18.2 Å². The van der Waals surface area contributed by atoms with Crippen molar-refractivity contribution in [3.8, 4) is 5.75 Å². The van der Waals surface area contributed by atoms with Crippen LogP contribution in [0.4, 0.5) is 21.7 Å². The summed E-state index contributed by atoms with van der Waals surface area (Å²) in [5.74, 6) is 1.17. The highest BCUT2D eigenvalue weighted by Crippen LogP contribution is 2.26. The maximum Gasteiger partial charge on any atom is 0.230 e. The second kappa shape index (κ2) is 9.21. The molecule has 0 atom stereocenters. The van der Waals surface area contributed by atoms with E-state index in [-0.39, 0.29) is 12.3 Å². The standard InChI is InChI=1S/C22H21FN6O2/c1-2-8-31-17-6-7-18-19(12-17)24-13-25-22(18)27-20-10-16(28-29-20)11-21(30)26-15-5-3-4-14(23)9-15/h3-7,9-10,12-13H,2,8,11H2,1H3,(H,26,30)(H2,24,25,27,28,29). The van der Waals surface area contributed by atoms with Crippen LogP contribution in [0.5, 0.6) is 5.75 Å². The number of carbonyl (C=O) groups is 1. The minimum Gasteiger partial charge on any atom is -0.494 e. The lowest BCUT2D eigenvalue weighted by atomic mass is 10.2. The van der Waals surface area contributed by atoms with E-state index in [0.29, 0.717) is 29.6 Å². The molecule has 0 aliphatic rings. The Kier molecular flexibility index (Phi) is 6.02. The Labute approximate surface area is 177 Å². The molecular weight excluding hydrogens is 399 g/mol. The van der Waals surface area contributed by atoms with Crippen LogP contribution in [-0.2, 0) is 11.2 Å². The summed E-state index contributed by atoms with van der Waals surface area (Å²) in [6.07, 6.45) is 2.46. The number of aromatic nitrogens is 4. The Morgan fingerprint density at radius 2 is 2.06 bits per heavy atom. The molecule has 2 heterocycles. The third kappa shape index (κ3) is 5.13. The van der Waals surface area contributed by atoms with Gasteiger partial charge in [0.25, 0.3) is 0 Å². The molecule has 4 rings (SSSR count). The SMILES string of the molecule is CCCOc1ccc2c(Nc3cc(CC(=O)Nc4cccc(F)c4)[nH]n3)ncnc2c1. The Morgan fingerprint density at radius 1 is 1.16 bits per heavy atom. The first-order chi connectivity index (χ1) is 15.1. The van der Waals surface area contributed by atoms with E-state index in [4.69, 9.17) is 4.74 Å². The Bertz CT molecular complexity index is 1210. The summed E-state index contributed by atoms with van der Waals surface area (Å²) < 4.78 is 18.9. The number of amides is 1. The summed E-state index contributed by atoms with van der Waals surface area (Å²) in [5.41, 5.74) is 1.75. The van der Waals surface area contributed by atoms with Crippen molar-refractivity contribution < 1.29 is 13.9 Å². The van der Waals surface area contributed by atoms with Gasteiger partial charge in [0, 0.05) is 28.9 Å². The van der Waals surface area contributed by atoms with Crippen LogP contribution in [-0.4, -0.2) is 32.7 Å². The first kappa shape index (κ1) is 20.3.